The van der Waals surface area contributed by atoms with Gasteiger partial charge in [0.25, 0.3) is 0 Å². The van der Waals surface area contributed by atoms with Crippen molar-refractivity contribution in [3.63, 3.8) is 0 Å². The van der Waals surface area contributed by atoms with E-state index in [4.69, 9.17) is 10.7 Å². The smallest absolute Gasteiger partial charge is 0.236 e. The van der Waals surface area contributed by atoms with E-state index in [1.165, 1.54) is 0 Å². The van der Waals surface area contributed by atoms with E-state index in [-0.39, 0.29) is 5.75 Å². The van der Waals surface area contributed by atoms with Crippen LogP contribution >= 0.6 is 10.7 Å². The van der Waals surface area contributed by atoms with Gasteiger partial charge < -0.3 is 4.90 Å². The van der Waals surface area contributed by atoms with Crippen LogP contribution in [0.2, 0.25) is 0 Å². The number of halogens is 1. The highest BCUT2D eigenvalue weighted by atomic mass is 35.7. The van der Waals surface area contributed by atoms with Gasteiger partial charge in [-0.3, -0.25) is 4.99 Å². The summed E-state index contributed by atoms with van der Waals surface area (Å²) >= 11 is 0. The molecule has 0 N–H and O–H groups in total. The molecule has 1 aliphatic rings. The van der Waals surface area contributed by atoms with Crippen molar-refractivity contribution in [1.82, 2.24) is 4.90 Å². The third kappa shape index (κ3) is 3.20. The van der Waals surface area contributed by atoms with E-state index in [0.29, 0.717) is 5.56 Å². The van der Waals surface area contributed by atoms with Crippen LogP contribution in [0.15, 0.2) is 29.3 Å². The zero-order valence-electron chi connectivity index (χ0n) is 9.43. The highest BCUT2D eigenvalue weighted by molar-refractivity contribution is 8.13. The second kappa shape index (κ2) is 4.66. The van der Waals surface area contributed by atoms with Gasteiger partial charge in [0, 0.05) is 29.8 Å². The van der Waals surface area contributed by atoms with Crippen molar-refractivity contribution in [2.24, 2.45) is 4.99 Å². The largest absolute Gasteiger partial charge is 0.358 e. The minimum atomic E-state index is -3.49. The highest BCUT2D eigenvalue weighted by Crippen LogP contribution is 2.14. The molecule has 2 rings (SSSR count). The van der Waals surface area contributed by atoms with E-state index >= 15 is 0 Å². The monoisotopic (exact) mass is 272 g/mol. The Hall–Kier alpha value is -1.07. The second-order valence-corrected chi connectivity index (χ2v) is 6.78. The van der Waals surface area contributed by atoms with Gasteiger partial charge in [-0.25, -0.2) is 8.42 Å². The normalized spacial score (nSPS) is 16.1. The summed E-state index contributed by atoms with van der Waals surface area (Å²) in [7, 11) is 3.70. The Kier molecular flexibility index (Phi) is 3.40. The number of benzene rings is 1. The number of likely N-dealkylation sites (N-methyl/N-ethyl adjacent to an activating group) is 1. The van der Waals surface area contributed by atoms with Crippen molar-refractivity contribution in [2.45, 2.75) is 5.75 Å². The predicted octanol–water partition coefficient (Wildman–Crippen LogP) is 1.45. The van der Waals surface area contributed by atoms with Gasteiger partial charge in [-0.1, -0.05) is 24.3 Å². The quantitative estimate of drug-likeness (QED) is 0.783. The van der Waals surface area contributed by atoms with Crippen molar-refractivity contribution >= 4 is 25.6 Å². The SMILES string of the molecule is CN1CCN=C1c1ccc(CS(=O)(=O)Cl)cc1. The topological polar surface area (TPSA) is 49.7 Å². The molecule has 0 radical (unpaired) electrons. The number of rotatable bonds is 3. The number of aliphatic imine (C=N–C) groups is 1. The Labute approximate surface area is 105 Å². The summed E-state index contributed by atoms with van der Waals surface area (Å²) in [6, 6.07) is 7.28. The fourth-order valence-electron chi connectivity index (χ4n) is 1.79. The van der Waals surface area contributed by atoms with Crippen LogP contribution in [-0.2, 0) is 14.8 Å². The molecule has 0 atom stereocenters. The number of hydrogen-bond donors (Lipinski definition) is 0. The van der Waals surface area contributed by atoms with Crippen LogP contribution in [0.25, 0.3) is 0 Å². The molecule has 0 saturated carbocycles. The fraction of sp³-hybridized carbons (Fsp3) is 0.364. The molecule has 1 heterocycles. The summed E-state index contributed by atoms with van der Waals surface area (Å²) in [5.41, 5.74) is 1.69. The molecular weight excluding hydrogens is 260 g/mol. The lowest BCUT2D eigenvalue weighted by Crippen LogP contribution is -2.23. The lowest BCUT2D eigenvalue weighted by Gasteiger charge is -2.13. The van der Waals surface area contributed by atoms with Crippen LogP contribution < -0.4 is 0 Å². The Morgan fingerprint density at radius 3 is 2.47 bits per heavy atom. The van der Waals surface area contributed by atoms with E-state index < -0.39 is 9.05 Å². The average molecular weight is 273 g/mol. The van der Waals surface area contributed by atoms with Gasteiger partial charge in [-0.05, 0) is 5.56 Å². The summed E-state index contributed by atoms with van der Waals surface area (Å²) in [4.78, 5) is 6.47. The Balaban J connectivity index is 2.19. The van der Waals surface area contributed by atoms with Crippen molar-refractivity contribution in [2.75, 3.05) is 20.1 Å². The van der Waals surface area contributed by atoms with Gasteiger partial charge in [0.15, 0.2) is 0 Å². The molecule has 0 fully saturated rings. The maximum atomic E-state index is 10.9. The molecule has 6 heteroatoms. The lowest BCUT2D eigenvalue weighted by molar-refractivity contribution is 0.557. The van der Waals surface area contributed by atoms with Crippen molar-refractivity contribution in [3.8, 4) is 0 Å². The third-order valence-electron chi connectivity index (χ3n) is 2.61. The standard InChI is InChI=1S/C11H13ClN2O2S/c1-14-7-6-13-11(14)10-4-2-9(3-5-10)8-17(12,15)16/h2-5H,6-8H2,1H3. The van der Waals surface area contributed by atoms with Gasteiger partial charge in [0.05, 0.1) is 12.3 Å². The van der Waals surface area contributed by atoms with Gasteiger partial charge in [0.1, 0.15) is 5.84 Å². The summed E-state index contributed by atoms with van der Waals surface area (Å²) < 4.78 is 21.9. The summed E-state index contributed by atoms with van der Waals surface area (Å²) in [5, 5.41) is 0. The third-order valence-corrected chi connectivity index (χ3v) is 3.62. The van der Waals surface area contributed by atoms with E-state index in [2.05, 4.69) is 9.89 Å². The average Bonchev–Trinajstić information content (AvgIpc) is 2.63. The Bertz CT molecular complexity index is 537. The van der Waals surface area contributed by atoms with Gasteiger partial charge >= 0.3 is 0 Å². The lowest BCUT2D eigenvalue weighted by atomic mass is 10.1. The molecule has 0 aromatic heterocycles. The Morgan fingerprint density at radius 2 is 2.00 bits per heavy atom. The molecule has 1 aromatic carbocycles. The van der Waals surface area contributed by atoms with Crippen molar-refractivity contribution in [3.05, 3.63) is 35.4 Å². The van der Waals surface area contributed by atoms with E-state index in [1.54, 1.807) is 12.1 Å². The molecule has 4 nitrogen and oxygen atoms in total. The molecule has 0 unspecified atom stereocenters. The summed E-state index contributed by atoms with van der Waals surface area (Å²) in [5.74, 6) is 0.808. The van der Waals surface area contributed by atoms with Crippen LogP contribution in [0.1, 0.15) is 11.1 Å². The molecule has 0 aliphatic carbocycles. The van der Waals surface area contributed by atoms with Crippen molar-refractivity contribution < 1.29 is 8.42 Å². The number of amidine groups is 1. The minimum Gasteiger partial charge on any atom is -0.358 e. The molecule has 92 valence electrons. The first-order valence-corrected chi connectivity index (χ1v) is 7.71. The molecule has 1 aliphatic heterocycles. The van der Waals surface area contributed by atoms with Crippen molar-refractivity contribution in [1.29, 1.82) is 0 Å². The molecule has 0 spiro atoms. The summed E-state index contributed by atoms with van der Waals surface area (Å²) in [6.45, 7) is 1.73. The molecule has 0 bridgehead atoms. The van der Waals surface area contributed by atoms with E-state index in [9.17, 15) is 8.42 Å². The zero-order chi connectivity index (χ0) is 12.5. The molecular formula is C11H13ClN2O2S. The van der Waals surface area contributed by atoms with Crippen LogP contribution in [0.3, 0.4) is 0 Å². The molecule has 0 saturated heterocycles. The first-order chi connectivity index (χ1) is 7.96. The minimum absolute atomic E-state index is 0.142. The second-order valence-electron chi connectivity index (χ2n) is 4.01. The van der Waals surface area contributed by atoms with E-state index in [1.807, 2.05) is 19.2 Å². The maximum absolute atomic E-state index is 10.9. The zero-order valence-corrected chi connectivity index (χ0v) is 11.0. The van der Waals surface area contributed by atoms with E-state index in [0.717, 1.165) is 24.5 Å². The number of nitrogens with zero attached hydrogens (tertiary/aromatic N) is 2. The van der Waals surface area contributed by atoms with Crippen LogP contribution in [0.5, 0.6) is 0 Å². The van der Waals surface area contributed by atoms with Crippen LogP contribution in [0.4, 0.5) is 0 Å². The maximum Gasteiger partial charge on any atom is 0.236 e. The molecule has 1 aromatic rings. The fourth-order valence-corrected chi connectivity index (χ4v) is 2.76. The van der Waals surface area contributed by atoms with Crippen LogP contribution in [0, 0.1) is 0 Å². The van der Waals surface area contributed by atoms with Gasteiger partial charge in [0.2, 0.25) is 9.05 Å². The highest BCUT2D eigenvalue weighted by Gasteiger charge is 2.14. The molecule has 17 heavy (non-hydrogen) atoms. The number of hydrogen-bond acceptors (Lipinski definition) is 4. The predicted molar refractivity (Wildman–Crippen MR) is 69.0 cm³/mol. The summed E-state index contributed by atoms with van der Waals surface area (Å²) in [6.07, 6.45) is 0. The Morgan fingerprint density at radius 1 is 1.35 bits per heavy atom. The van der Waals surface area contributed by atoms with Gasteiger partial charge in [-0.2, -0.15) is 0 Å². The first kappa shape index (κ1) is 12.4. The first-order valence-electron chi connectivity index (χ1n) is 5.23. The van der Waals surface area contributed by atoms with Gasteiger partial charge in [-0.15, -0.1) is 0 Å². The van der Waals surface area contributed by atoms with Crippen LogP contribution in [-0.4, -0.2) is 39.3 Å². The molecule has 0 amide bonds.